The molecule has 5 heteroatoms. The fraction of sp³-hybridized carbons (Fsp3) is 0.235. The number of carbonyl (C=O) groups is 1. The predicted octanol–water partition coefficient (Wildman–Crippen LogP) is 4.20. The second-order valence-corrected chi connectivity index (χ2v) is 5.58. The first-order valence-electron chi connectivity index (χ1n) is 7.26. The van der Waals surface area contributed by atoms with Crippen molar-refractivity contribution in [1.82, 2.24) is 0 Å². The molecule has 1 fully saturated rings. The molecule has 2 aromatic rings. The highest BCUT2D eigenvalue weighted by Gasteiger charge is 2.23. The van der Waals surface area contributed by atoms with Gasteiger partial charge in [0.05, 0.1) is 10.7 Å². The third kappa shape index (κ3) is 3.59. The molecule has 2 aromatic carbocycles. The summed E-state index contributed by atoms with van der Waals surface area (Å²) in [6.07, 6.45) is 1.41. The van der Waals surface area contributed by atoms with Crippen molar-refractivity contribution in [3.8, 4) is 0 Å². The highest BCUT2D eigenvalue weighted by Crippen LogP contribution is 2.25. The monoisotopic (exact) mass is 316 g/mol. The van der Waals surface area contributed by atoms with E-state index in [4.69, 9.17) is 16.3 Å². The molecular weight excluding hydrogens is 300 g/mol. The van der Waals surface area contributed by atoms with Gasteiger partial charge in [-0.05, 0) is 49.2 Å². The quantitative estimate of drug-likeness (QED) is 0.888. The molecule has 4 nitrogen and oxygen atoms in total. The van der Waals surface area contributed by atoms with Crippen LogP contribution in [0.15, 0.2) is 48.5 Å². The van der Waals surface area contributed by atoms with Crippen LogP contribution in [0.2, 0.25) is 5.02 Å². The van der Waals surface area contributed by atoms with Crippen LogP contribution in [-0.4, -0.2) is 18.6 Å². The number of para-hydroxylation sites is 1. The molecule has 2 N–H and O–H groups in total. The maximum atomic E-state index is 12.0. The molecule has 0 bridgehead atoms. The Hall–Kier alpha value is -2.04. The summed E-state index contributed by atoms with van der Waals surface area (Å²) in [5.74, 6) is -0.0793. The summed E-state index contributed by atoms with van der Waals surface area (Å²) in [7, 11) is 0. The molecular formula is C17H17ClN2O2. The molecule has 114 valence electrons. The number of ether oxygens (including phenoxy) is 1. The van der Waals surface area contributed by atoms with Crippen molar-refractivity contribution in [2.75, 3.05) is 17.2 Å². The Bertz CT molecular complexity index is 652. The summed E-state index contributed by atoms with van der Waals surface area (Å²) in [6, 6.07) is 15.1. The van der Waals surface area contributed by atoms with Crippen molar-refractivity contribution in [3.05, 3.63) is 53.6 Å². The maximum absolute atomic E-state index is 12.0. The summed E-state index contributed by atoms with van der Waals surface area (Å²) < 4.78 is 5.36. The van der Waals surface area contributed by atoms with Gasteiger partial charge in [-0.1, -0.05) is 23.7 Å². The maximum Gasteiger partial charge on any atom is 0.253 e. The molecule has 0 saturated carbocycles. The van der Waals surface area contributed by atoms with Crippen LogP contribution in [0.3, 0.4) is 0 Å². The number of carbonyl (C=O) groups excluding carboxylic acids is 1. The Morgan fingerprint density at radius 2 is 1.82 bits per heavy atom. The van der Waals surface area contributed by atoms with Crippen LogP contribution in [0.5, 0.6) is 0 Å². The summed E-state index contributed by atoms with van der Waals surface area (Å²) in [6.45, 7) is 0.665. The normalized spacial score (nSPS) is 17.2. The topological polar surface area (TPSA) is 50.4 Å². The molecule has 0 aromatic heterocycles. The first kappa shape index (κ1) is 14.9. The molecule has 1 aliphatic rings. The minimum absolute atomic E-state index is 0.0793. The third-order valence-corrected chi connectivity index (χ3v) is 3.86. The Kier molecular flexibility index (Phi) is 4.61. The van der Waals surface area contributed by atoms with Crippen molar-refractivity contribution in [3.63, 3.8) is 0 Å². The molecule has 3 rings (SSSR count). The van der Waals surface area contributed by atoms with Gasteiger partial charge in [0.25, 0.3) is 5.91 Å². The third-order valence-electron chi connectivity index (χ3n) is 3.53. The molecule has 0 radical (unpaired) electrons. The first-order valence-corrected chi connectivity index (χ1v) is 7.64. The van der Waals surface area contributed by atoms with Gasteiger partial charge >= 0.3 is 0 Å². The molecule has 1 amide bonds. The number of hydrogen-bond acceptors (Lipinski definition) is 3. The van der Waals surface area contributed by atoms with Gasteiger partial charge in [0.1, 0.15) is 6.10 Å². The molecule has 22 heavy (non-hydrogen) atoms. The highest BCUT2D eigenvalue weighted by atomic mass is 35.5. The highest BCUT2D eigenvalue weighted by molar-refractivity contribution is 6.33. The van der Waals surface area contributed by atoms with Gasteiger partial charge in [-0.3, -0.25) is 4.79 Å². The van der Waals surface area contributed by atoms with E-state index in [2.05, 4.69) is 10.6 Å². The van der Waals surface area contributed by atoms with Crippen molar-refractivity contribution in [2.45, 2.75) is 18.9 Å². The number of hydrogen-bond donors (Lipinski definition) is 2. The number of benzene rings is 2. The Morgan fingerprint density at radius 3 is 2.50 bits per heavy atom. The summed E-state index contributed by atoms with van der Waals surface area (Å²) >= 11 is 6.11. The van der Waals surface area contributed by atoms with Crippen molar-refractivity contribution in [1.29, 1.82) is 0 Å². The van der Waals surface area contributed by atoms with Crippen LogP contribution in [0, 0.1) is 0 Å². The van der Waals surface area contributed by atoms with Gasteiger partial charge in [0, 0.05) is 18.0 Å². The van der Waals surface area contributed by atoms with Crippen LogP contribution in [-0.2, 0) is 9.53 Å². The Morgan fingerprint density at radius 1 is 1.09 bits per heavy atom. The van der Waals surface area contributed by atoms with Gasteiger partial charge in [-0.15, -0.1) is 0 Å². The van der Waals surface area contributed by atoms with E-state index in [0.29, 0.717) is 11.6 Å². The molecule has 0 aliphatic carbocycles. The van der Waals surface area contributed by atoms with Crippen LogP contribution in [0.4, 0.5) is 17.1 Å². The van der Waals surface area contributed by atoms with E-state index in [1.54, 1.807) is 0 Å². The number of halogens is 1. The van der Waals surface area contributed by atoms with Crippen LogP contribution < -0.4 is 10.6 Å². The van der Waals surface area contributed by atoms with E-state index in [9.17, 15) is 4.79 Å². The summed E-state index contributed by atoms with van der Waals surface area (Å²) in [5.41, 5.74) is 2.51. The van der Waals surface area contributed by atoms with Gasteiger partial charge in [0.2, 0.25) is 0 Å². The second kappa shape index (κ2) is 6.81. The van der Waals surface area contributed by atoms with Gasteiger partial charge in [-0.2, -0.15) is 0 Å². The standard InChI is InChI=1S/C17H17ClN2O2/c18-14-4-1-2-5-15(14)19-12-7-9-13(10-8-12)20-17(21)16-6-3-11-22-16/h1-2,4-5,7-10,16,19H,3,6,11H2,(H,20,21). The molecule has 1 unspecified atom stereocenters. The predicted molar refractivity (Wildman–Crippen MR) is 88.8 cm³/mol. The number of anilines is 3. The van der Waals surface area contributed by atoms with Crippen LogP contribution in [0.25, 0.3) is 0 Å². The smallest absolute Gasteiger partial charge is 0.253 e. The molecule has 1 atom stereocenters. The van der Waals surface area contributed by atoms with Crippen LogP contribution >= 0.6 is 11.6 Å². The van der Waals surface area contributed by atoms with Gasteiger partial charge in [0.15, 0.2) is 0 Å². The summed E-state index contributed by atoms with van der Waals surface area (Å²) in [5, 5.41) is 6.77. The largest absolute Gasteiger partial charge is 0.368 e. The molecule has 0 spiro atoms. The van der Waals surface area contributed by atoms with Crippen molar-refractivity contribution in [2.24, 2.45) is 0 Å². The van der Waals surface area contributed by atoms with Gasteiger partial charge < -0.3 is 15.4 Å². The van der Waals surface area contributed by atoms with E-state index in [0.717, 1.165) is 29.9 Å². The van der Waals surface area contributed by atoms with Crippen LogP contribution in [0.1, 0.15) is 12.8 Å². The zero-order valence-corrected chi connectivity index (χ0v) is 12.8. The van der Waals surface area contributed by atoms with E-state index in [1.165, 1.54) is 0 Å². The fourth-order valence-electron chi connectivity index (χ4n) is 2.36. The zero-order chi connectivity index (χ0) is 15.4. The molecule has 1 aliphatic heterocycles. The SMILES string of the molecule is O=C(Nc1ccc(Nc2ccccc2Cl)cc1)C1CCCO1. The average molecular weight is 317 g/mol. The number of amides is 1. The number of nitrogens with one attached hydrogen (secondary N) is 2. The van der Waals surface area contributed by atoms with E-state index >= 15 is 0 Å². The van der Waals surface area contributed by atoms with E-state index in [-0.39, 0.29) is 12.0 Å². The lowest BCUT2D eigenvalue weighted by atomic mass is 10.2. The lowest BCUT2D eigenvalue weighted by Crippen LogP contribution is -2.26. The van der Waals surface area contributed by atoms with E-state index in [1.807, 2.05) is 48.5 Å². The van der Waals surface area contributed by atoms with Crippen molar-refractivity contribution < 1.29 is 9.53 Å². The van der Waals surface area contributed by atoms with E-state index < -0.39 is 0 Å². The number of rotatable bonds is 4. The Balaban J connectivity index is 1.63. The average Bonchev–Trinajstić information content (AvgIpc) is 3.06. The first-order chi connectivity index (χ1) is 10.7. The van der Waals surface area contributed by atoms with Gasteiger partial charge in [-0.25, -0.2) is 0 Å². The fourth-order valence-corrected chi connectivity index (χ4v) is 2.55. The Labute approximate surface area is 134 Å². The lowest BCUT2D eigenvalue weighted by Gasteiger charge is -2.12. The second-order valence-electron chi connectivity index (χ2n) is 5.17. The minimum Gasteiger partial charge on any atom is -0.368 e. The molecule has 1 heterocycles. The molecule has 1 saturated heterocycles. The lowest BCUT2D eigenvalue weighted by molar-refractivity contribution is -0.124. The minimum atomic E-state index is -0.319. The summed E-state index contributed by atoms with van der Waals surface area (Å²) in [4.78, 5) is 12.0. The zero-order valence-electron chi connectivity index (χ0n) is 12.0. The van der Waals surface area contributed by atoms with Crippen molar-refractivity contribution >= 4 is 34.6 Å².